The van der Waals surface area contributed by atoms with Gasteiger partial charge in [-0.25, -0.2) is 0 Å². The van der Waals surface area contributed by atoms with Crippen LogP contribution in [0.5, 0.6) is 0 Å². The van der Waals surface area contributed by atoms with Gasteiger partial charge in [0.05, 0.1) is 0 Å². The average Bonchev–Trinajstić information content (AvgIpc) is 2.95. The fraction of sp³-hybridized carbons (Fsp3) is 1.00. The maximum Gasteiger partial charge on any atom is 0.00927 e. The van der Waals surface area contributed by atoms with E-state index in [1.165, 1.54) is 32.2 Å². The van der Waals surface area contributed by atoms with E-state index in [2.05, 4.69) is 25.4 Å². The third-order valence-corrected chi connectivity index (χ3v) is 4.03. The standard InChI is InChI=1S/C11H23NS/c1-4-11(10-5-6-10)12-8-7-9(2)13-3/h9-12H,4-8H2,1-3H3. The number of thioether (sulfide) groups is 1. The van der Waals surface area contributed by atoms with E-state index in [9.17, 15) is 0 Å². The van der Waals surface area contributed by atoms with Crippen LogP contribution >= 0.6 is 11.8 Å². The second kappa shape index (κ2) is 5.92. The number of nitrogens with one attached hydrogen (secondary N) is 1. The summed E-state index contributed by atoms with van der Waals surface area (Å²) in [7, 11) is 0. The van der Waals surface area contributed by atoms with Crippen molar-refractivity contribution in [1.29, 1.82) is 0 Å². The first-order valence-corrected chi connectivity index (χ1v) is 6.82. The Morgan fingerprint density at radius 2 is 2.15 bits per heavy atom. The van der Waals surface area contributed by atoms with Crippen LogP contribution in [0.15, 0.2) is 0 Å². The molecule has 0 spiro atoms. The summed E-state index contributed by atoms with van der Waals surface area (Å²) in [6.07, 6.45) is 7.73. The first kappa shape index (κ1) is 11.4. The molecule has 0 amide bonds. The highest BCUT2D eigenvalue weighted by Gasteiger charge is 2.29. The lowest BCUT2D eigenvalue weighted by molar-refractivity contribution is 0.446. The van der Waals surface area contributed by atoms with Crippen molar-refractivity contribution in [2.75, 3.05) is 12.8 Å². The normalized spacial score (nSPS) is 21.5. The van der Waals surface area contributed by atoms with Crippen molar-refractivity contribution >= 4 is 11.8 Å². The number of hydrogen-bond donors (Lipinski definition) is 1. The third-order valence-electron chi connectivity index (χ3n) is 2.99. The SMILES string of the molecule is CCC(NCCC(C)SC)C1CC1. The van der Waals surface area contributed by atoms with Crippen LogP contribution in [-0.4, -0.2) is 24.1 Å². The zero-order valence-electron chi connectivity index (χ0n) is 9.18. The van der Waals surface area contributed by atoms with E-state index in [1.54, 1.807) is 0 Å². The highest BCUT2D eigenvalue weighted by Crippen LogP contribution is 2.33. The van der Waals surface area contributed by atoms with Gasteiger partial charge in [-0.2, -0.15) is 11.8 Å². The minimum absolute atomic E-state index is 0.809. The number of rotatable bonds is 7. The summed E-state index contributed by atoms with van der Waals surface area (Å²) in [5.41, 5.74) is 0. The largest absolute Gasteiger partial charge is 0.314 e. The molecule has 1 fully saturated rings. The summed E-state index contributed by atoms with van der Waals surface area (Å²) in [6, 6.07) is 0.814. The maximum atomic E-state index is 3.68. The smallest absolute Gasteiger partial charge is 0.00927 e. The monoisotopic (exact) mass is 201 g/mol. The van der Waals surface area contributed by atoms with Gasteiger partial charge in [0.1, 0.15) is 0 Å². The molecule has 0 aromatic rings. The zero-order valence-corrected chi connectivity index (χ0v) is 9.99. The van der Waals surface area contributed by atoms with E-state index < -0.39 is 0 Å². The molecule has 13 heavy (non-hydrogen) atoms. The second-order valence-corrected chi connectivity index (χ2v) is 5.42. The average molecular weight is 201 g/mol. The third kappa shape index (κ3) is 4.37. The molecule has 0 bridgehead atoms. The molecule has 1 rings (SSSR count). The Balaban J connectivity index is 2.02. The summed E-state index contributed by atoms with van der Waals surface area (Å²) in [4.78, 5) is 0. The van der Waals surface area contributed by atoms with Gasteiger partial charge in [-0.05, 0) is 44.4 Å². The molecule has 0 aromatic carbocycles. The molecular weight excluding hydrogens is 178 g/mol. The molecule has 78 valence electrons. The molecule has 2 atom stereocenters. The van der Waals surface area contributed by atoms with Crippen molar-refractivity contribution in [2.24, 2.45) is 5.92 Å². The zero-order chi connectivity index (χ0) is 9.68. The van der Waals surface area contributed by atoms with E-state index in [-0.39, 0.29) is 0 Å². The van der Waals surface area contributed by atoms with Crippen molar-refractivity contribution in [3.05, 3.63) is 0 Å². The van der Waals surface area contributed by atoms with E-state index >= 15 is 0 Å². The van der Waals surface area contributed by atoms with Crippen molar-refractivity contribution < 1.29 is 0 Å². The van der Waals surface area contributed by atoms with Gasteiger partial charge in [-0.3, -0.25) is 0 Å². The highest BCUT2D eigenvalue weighted by molar-refractivity contribution is 7.99. The topological polar surface area (TPSA) is 12.0 Å². The van der Waals surface area contributed by atoms with E-state index in [0.29, 0.717) is 0 Å². The molecule has 2 unspecified atom stereocenters. The van der Waals surface area contributed by atoms with Crippen LogP contribution in [0.3, 0.4) is 0 Å². The summed E-state index contributed by atoms with van der Waals surface area (Å²) < 4.78 is 0. The summed E-state index contributed by atoms with van der Waals surface area (Å²) in [5, 5.41) is 4.49. The number of hydrogen-bond acceptors (Lipinski definition) is 2. The Morgan fingerprint density at radius 1 is 1.46 bits per heavy atom. The Labute approximate surface area is 87.1 Å². The first-order chi connectivity index (χ1) is 6.27. The van der Waals surface area contributed by atoms with Gasteiger partial charge in [0.25, 0.3) is 0 Å². The van der Waals surface area contributed by atoms with Crippen LogP contribution < -0.4 is 5.32 Å². The van der Waals surface area contributed by atoms with Crippen LogP contribution in [0.2, 0.25) is 0 Å². The predicted molar refractivity (Wildman–Crippen MR) is 62.4 cm³/mol. The van der Waals surface area contributed by atoms with Gasteiger partial charge >= 0.3 is 0 Å². The van der Waals surface area contributed by atoms with E-state index in [0.717, 1.165) is 17.2 Å². The highest BCUT2D eigenvalue weighted by atomic mass is 32.2. The molecule has 1 nitrogen and oxygen atoms in total. The summed E-state index contributed by atoms with van der Waals surface area (Å²) in [5.74, 6) is 1.01. The van der Waals surface area contributed by atoms with Crippen LogP contribution in [-0.2, 0) is 0 Å². The van der Waals surface area contributed by atoms with Crippen LogP contribution in [0.25, 0.3) is 0 Å². The van der Waals surface area contributed by atoms with Crippen molar-refractivity contribution in [2.45, 2.75) is 50.8 Å². The Morgan fingerprint density at radius 3 is 2.62 bits per heavy atom. The first-order valence-electron chi connectivity index (χ1n) is 5.54. The van der Waals surface area contributed by atoms with Crippen LogP contribution in [0.4, 0.5) is 0 Å². The van der Waals surface area contributed by atoms with Gasteiger partial charge in [0, 0.05) is 11.3 Å². The fourth-order valence-corrected chi connectivity index (χ4v) is 2.09. The molecule has 2 heteroatoms. The lowest BCUT2D eigenvalue weighted by atomic mass is 10.1. The molecular formula is C11H23NS. The molecule has 1 aliphatic rings. The van der Waals surface area contributed by atoms with E-state index in [1.807, 2.05) is 11.8 Å². The van der Waals surface area contributed by atoms with Crippen molar-refractivity contribution in [3.63, 3.8) is 0 Å². The van der Waals surface area contributed by atoms with Gasteiger partial charge in [0.2, 0.25) is 0 Å². The summed E-state index contributed by atoms with van der Waals surface area (Å²) >= 11 is 1.97. The maximum absolute atomic E-state index is 3.68. The predicted octanol–water partition coefficient (Wildman–Crippen LogP) is 2.91. The quantitative estimate of drug-likeness (QED) is 0.680. The van der Waals surface area contributed by atoms with Crippen LogP contribution in [0, 0.1) is 5.92 Å². The molecule has 0 saturated heterocycles. The van der Waals surface area contributed by atoms with Crippen molar-refractivity contribution in [1.82, 2.24) is 5.32 Å². The molecule has 0 heterocycles. The second-order valence-electron chi connectivity index (χ2n) is 4.14. The molecule has 0 aromatic heterocycles. The lowest BCUT2D eigenvalue weighted by Gasteiger charge is -2.17. The molecule has 1 N–H and O–H groups in total. The molecule has 0 aliphatic heterocycles. The molecule has 1 aliphatic carbocycles. The molecule has 0 radical (unpaired) electrons. The Hall–Kier alpha value is 0.310. The minimum atomic E-state index is 0.809. The summed E-state index contributed by atoms with van der Waals surface area (Å²) in [6.45, 7) is 5.81. The van der Waals surface area contributed by atoms with Gasteiger partial charge in [-0.1, -0.05) is 13.8 Å². The van der Waals surface area contributed by atoms with Crippen molar-refractivity contribution in [3.8, 4) is 0 Å². The fourth-order valence-electron chi connectivity index (χ4n) is 1.73. The Bertz CT molecular complexity index is 134. The van der Waals surface area contributed by atoms with Gasteiger partial charge < -0.3 is 5.32 Å². The minimum Gasteiger partial charge on any atom is -0.314 e. The lowest BCUT2D eigenvalue weighted by Crippen LogP contribution is -2.32. The van der Waals surface area contributed by atoms with Crippen LogP contribution in [0.1, 0.15) is 39.5 Å². The van der Waals surface area contributed by atoms with Gasteiger partial charge in [0.15, 0.2) is 0 Å². The van der Waals surface area contributed by atoms with E-state index in [4.69, 9.17) is 0 Å². The Kier molecular flexibility index (Phi) is 5.18. The van der Waals surface area contributed by atoms with Gasteiger partial charge in [-0.15, -0.1) is 0 Å². The molecule has 1 saturated carbocycles.